The van der Waals surface area contributed by atoms with E-state index in [0.717, 1.165) is 53.4 Å². The smallest absolute Gasteiger partial charge is 0.410 e. The van der Waals surface area contributed by atoms with E-state index in [2.05, 4.69) is 26.9 Å². The van der Waals surface area contributed by atoms with Crippen molar-refractivity contribution < 1.29 is 9.53 Å². The summed E-state index contributed by atoms with van der Waals surface area (Å²) in [7, 11) is 1.71. The number of piperidine rings is 1. The van der Waals surface area contributed by atoms with E-state index in [4.69, 9.17) is 4.74 Å². The van der Waals surface area contributed by atoms with Crippen LogP contribution in [0.2, 0.25) is 0 Å². The van der Waals surface area contributed by atoms with E-state index in [1.165, 1.54) is 0 Å². The van der Waals surface area contributed by atoms with Crippen molar-refractivity contribution in [1.29, 1.82) is 5.26 Å². The van der Waals surface area contributed by atoms with Crippen LogP contribution in [-0.4, -0.2) is 47.3 Å². The monoisotopic (exact) mass is 500 g/mol. The standard InChI is InChI=1S/C24H29BrN4O3/c1-23(2,3)32-22(31)29-12-9-24(15-29)7-10-28(11-8-24)20-17-6-5-16(25)13-19(17)27(4)21(30)18(20)14-26/h5-6,13H,7-12,15H2,1-4H3. The highest BCUT2D eigenvalue weighted by Gasteiger charge is 2.43. The third-order valence-corrected chi connectivity index (χ3v) is 7.17. The number of nitriles is 1. The molecule has 170 valence electrons. The lowest BCUT2D eigenvalue weighted by Crippen LogP contribution is -2.44. The maximum absolute atomic E-state index is 12.9. The van der Waals surface area contributed by atoms with Crippen LogP contribution in [0.1, 0.15) is 45.6 Å². The van der Waals surface area contributed by atoms with Gasteiger partial charge < -0.3 is 19.1 Å². The Morgan fingerprint density at radius 2 is 1.84 bits per heavy atom. The van der Waals surface area contributed by atoms with Crippen molar-refractivity contribution in [3.63, 3.8) is 0 Å². The zero-order chi connectivity index (χ0) is 23.3. The number of hydrogen-bond acceptors (Lipinski definition) is 5. The normalized spacial score (nSPS) is 18.2. The summed E-state index contributed by atoms with van der Waals surface area (Å²) in [5, 5.41) is 10.7. The fourth-order valence-corrected chi connectivity index (χ4v) is 5.30. The summed E-state index contributed by atoms with van der Waals surface area (Å²) in [4.78, 5) is 29.4. The predicted octanol–water partition coefficient (Wildman–Crippen LogP) is 4.40. The number of carbonyl (C=O) groups excluding carboxylic acids is 1. The van der Waals surface area contributed by atoms with Gasteiger partial charge in [-0.2, -0.15) is 5.26 Å². The molecule has 1 aromatic heterocycles. The highest BCUT2D eigenvalue weighted by Crippen LogP contribution is 2.43. The molecule has 0 bridgehead atoms. The molecule has 0 N–H and O–H groups in total. The fraction of sp³-hybridized carbons (Fsp3) is 0.542. The lowest BCUT2D eigenvalue weighted by Gasteiger charge is -2.41. The zero-order valence-electron chi connectivity index (χ0n) is 19.1. The van der Waals surface area contributed by atoms with Crippen LogP contribution in [0, 0.1) is 16.7 Å². The largest absolute Gasteiger partial charge is 0.444 e. The Morgan fingerprint density at radius 1 is 1.19 bits per heavy atom. The van der Waals surface area contributed by atoms with Crippen LogP contribution in [-0.2, 0) is 11.8 Å². The molecule has 0 saturated carbocycles. The molecule has 0 unspecified atom stereocenters. The third-order valence-electron chi connectivity index (χ3n) is 6.67. The van der Waals surface area contributed by atoms with E-state index >= 15 is 0 Å². The maximum atomic E-state index is 12.9. The molecule has 1 aromatic carbocycles. The van der Waals surface area contributed by atoms with Gasteiger partial charge in [-0.3, -0.25) is 4.79 Å². The Bertz CT molecular complexity index is 1170. The Kier molecular flexibility index (Phi) is 5.74. The van der Waals surface area contributed by atoms with Gasteiger partial charge >= 0.3 is 6.09 Å². The first-order chi connectivity index (χ1) is 15.0. The zero-order valence-corrected chi connectivity index (χ0v) is 20.7. The number of aryl methyl sites for hydroxylation is 1. The second-order valence-corrected chi connectivity index (χ2v) is 10.9. The molecule has 7 nitrogen and oxygen atoms in total. The minimum atomic E-state index is -0.501. The Labute approximate surface area is 196 Å². The van der Waals surface area contributed by atoms with Crippen LogP contribution >= 0.6 is 15.9 Å². The van der Waals surface area contributed by atoms with Gasteiger partial charge in [-0.15, -0.1) is 0 Å². The Balaban J connectivity index is 1.58. The van der Waals surface area contributed by atoms with Gasteiger partial charge in [-0.25, -0.2) is 4.79 Å². The minimum absolute atomic E-state index is 0.0682. The van der Waals surface area contributed by atoms with E-state index in [-0.39, 0.29) is 22.6 Å². The molecule has 8 heteroatoms. The Hall–Kier alpha value is -2.53. The molecule has 2 aliphatic rings. The van der Waals surface area contributed by atoms with Gasteiger partial charge in [0, 0.05) is 43.1 Å². The second-order valence-electron chi connectivity index (χ2n) is 10.00. The number of nitrogens with zero attached hydrogens (tertiary/aromatic N) is 4. The van der Waals surface area contributed by atoms with Crippen molar-refractivity contribution in [3.05, 3.63) is 38.6 Å². The number of likely N-dealkylation sites (tertiary alicyclic amines) is 1. The average molecular weight is 501 g/mol. The summed E-state index contributed by atoms with van der Waals surface area (Å²) in [6.07, 6.45) is 2.52. The molecule has 2 aromatic rings. The molecular weight excluding hydrogens is 472 g/mol. The maximum Gasteiger partial charge on any atom is 0.410 e. The molecule has 2 saturated heterocycles. The van der Waals surface area contributed by atoms with Crippen molar-refractivity contribution in [1.82, 2.24) is 9.47 Å². The van der Waals surface area contributed by atoms with Gasteiger partial charge in [0.1, 0.15) is 17.2 Å². The number of benzene rings is 1. The molecular formula is C24H29BrN4O3. The number of aromatic nitrogens is 1. The first-order valence-electron chi connectivity index (χ1n) is 11.0. The number of rotatable bonds is 1. The lowest BCUT2D eigenvalue weighted by molar-refractivity contribution is 0.0266. The van der Waals surface area contributed by atoms with Gasteiger partial charge in [-0.1, -0.05) is 15.9 Å². The first-order valence-corrected chi connectivity index (χ1v) is 11.8. The number of amides is 1. The van der Waals surface area contributed by atoms with Crippen LogP contribution in [0.15, 0.2) is 27.5 Å². The average Bonchev–Trinajstić information content (AvgIpc) is 3.14. The van der Waals surface area contributed by atoms with E-state index < -0.39 is 5.60 Å². The third kappa shape index (κ3) is 4.11. The van der Waals surface area contributed by atoms with E-state index in [0.29, 0.717) is 13.1 Å². The molecule has 32 heavy (non-hydrogen) atoms. The van der Waals surface area contributed by atoms with Crippen LogP contribution in [0.3, 0.4) is 0 Å². The highest BCUT2D eigenvalue weighted by molar-refractivity contribution is 9.10. The molecule has 1 spiro atoms. The van der Waals surface area contributed by atoms with Crippen molar-refractivity contribution in [3.8, 4) is 6.07 Å². The summed E-state index contributed by atoms with van der Waals surface area (Å²) in [5.41, 5.74) is 1.02. The van der Waals surface area contributed by atoms with Crippen LogP contribution in [0.5, 0.6) is 0 Å². The van der Waals surface area contributed by atoms with E-state index in [9.17, 15) is 14.9 Å². The fourth-order valence-electron chi connectivity index (χ4n) is 4.96. The summed E-state index contributed by atoms with van der Waals surface area (Å²) in [5.74, 6) is 0. The van der Waals surface area contributed by atoms with E-state index in [1.54, 1.807) is 11.6 Å². The van der Waals surface area contributed by atoms with Crippen LogP contribution < -0.4 is 10.5 Å². The number of fused-ring (bicyclic) bond motifs is 1. The van der Waals surface area contributed by atoms with Crippen molar-refractivity contribution >= 4 is 38.6 Å². The SMILES string of the molecule is Cn1c(=O)c(C#N)c(N2CCC3(CCN(C(=O)OC(C)(C)C)C3)CC2)c2ccc(Br)cc21. The molecule has 2 aliphatic heterocycles. The summed E-state index contributed by atoms with van der Waals surface area (Å²) < 4.78 is 7.99. The highest BCUT2D eigenvalue weighted by atomic mass is 79.9. The van der Waals surface area contributed by atoms with E-state index in [1.807, 2.05) is 43.9 Å². The molecule has 0 radical (unpaired) electrons. The van der Waals surface area contributed by atoms with Crippen molar-refractivity contribution in [2.24, 2.45) is 12.5 Å². The molecule has 3 heterocycles. The molecule has 1 amide bonds. The van der Waals surface area contributed by atoms with Crippen molar-refractivity contribution in [2.45, 2.75) is 45.6 Å². The molecule has 0 aliphatic carbocycles. The minimum Gasteiger partial charge on any atom is -0.444 e. The first kappa shape index (κ1) is 22.7. The quantitative estimate of drug-likeness (QED) is 0.579. The summed E-state index contributed by atoms with van der Waals surface area (Å²) >= 11 is 3.49. The topological polar surface area (TPSA) is 78.6 Å². The molecule has 0 atom stereocenters. The number of ether oxygens (including phenoxy) is 1. The van der Waals surface area contributed by atoms with Gasteiger partial charge in [0.25, 0.3) is 5.56 Å². The second kappa shape index (κ2) is 8.11. The van der Waals surface area contributed by atoms with Crippen LogP contribution in [0.4, 0.5) is 10.5 Å². The lowest BCUT2D eigenvalue weighted by atomic mass is 9.77. The Morgan fingerprint density at radius 3 is 2.47 bits per heavy atom. The van der Waals surface area contributed by atoms with Crippen LogP contribution in [0.25, 0.3) is 10.9 Å². The van der Waals surface area contributed by atoms with Crippen molar-refractivity contribution in [2.75, 3.05) is 31.1 Å². The van der Waals surface area contributed by atoms with Gasteiger partial charge in [0.2, 0.25) is 0 Å². The van der Waals surface area contributed by atoms with Gasteiger partial charge in [0.15, 0.2) is 0 Å². The number of carbonyl (C=O) groups is 1. The number of halogens is 1. The molecule has 4 rings (SSSR count). The number of pyridine rings is 1. The van der Waals surface area contributed by atoms with Gasteiger partial charge in [0.05, 0.1) is 11.2 Å². The predicted molar refractivity (Wildman–Crippen MR) is 128 cm³/mol. The summed E-state index contributed by atoms with van der Waals surface area (Å²) in [6.45, 7) is 8.55. The van der Waals surface area contributed by atoms with Gasteiger partial charge in [-0.05, 0) is 63.6 Å². The number of anilines is 1. The molecule has 2 fully saturated rings. The summed E-state index contributed by atoms with van der Waals surface area (Å²) in [6, 6.07) is 7.99. The number of hydrogen-bond donors (Lipinski definition) is 0.